The molecule has 0 aliphatic carbocycles. The van der Waals surface area contributed by atoms with E-state index in [1.165, 1.54) is 6.07 Å². The van der Waals surface area contributed by atoms with Gasteiger partial charge in [-0.2, -0.15) is 0 Å². The number of hydrogen-bond acceptors (Lipinski definition) is 4. The fraction of sp³-hybridized carbons (Fsp3) is 0. The van der Waals surface area contributed by atoms with Gasteiger partial charge in [-0.25, -0.2) is 9.97 Å². The third-order valence-electron chi connectivity index (χ3n) is 9.24. The van der Waals surface area contributed by atoms with E-state index in [4.69, 9.17) is 9.97 Å². The summed E-state index contributed by atoms with van der Waals surface area (Å²) in [5, 5.41) is 11.9. The zero-order chi connectivity index (χ0) is 34.3. The minimum atomic E-state index is -0.361. The maximum atomic E-state index is 11.9. The second-order valence-corrected chi connectivity index (χ2v) is 12.4. The Bertz CT molecular complexity index is 2710. The Labute approximate surface area is 293 Å². The maximum absolute atomic E-state index is 11.9. The molecule has 5 heterocycles. The van der Waals surface area contributed by atoms with Crippen LogP contribution in [0.1, 0.15) is 22.8 Å². The van der Waals surface area contributed by atoms with Gasteiger partial charge in [-0.3, -0.25) is 10.1 Å². The quantitative estimate of drug-likeness (QED) is 0.142. The standard InChI is InChI=1S/C44H29N5O2/c50-49(51)34-18-10-17-31(25-34)35-27-33-26-32-19-20-36(45-32)41(28-11-4-1-5-12-28)37-21-22-38(47-37)42(29-13-6-2-7-14-29)39-23-24-40(48-39)43(44(35)46-33)30-15-8-3-9-16-30/h1-27,46-47H. The van der Waals surface area contributed by atoms with Crippen molar-refractivity contribution in [1.29, 1.82) is 0 Å². The highest BCUT2D eigenvalue weighted by Gasteiger charge is 2.19. The molecule has 3 aromatic heterocycles. The lowest BCUT2D eigenvalue weighted by Gasteiger charge is -2.07. The minimum Gasteiger partial charge on any atom is -0.354 e. The molecule has 8 bridgehead atoms. The Morgan fingerprint density at radius 1 is 0.490 bits per heavy atom. The zero-order valence-corrected chi connectivity index (χ0v) is 27.2. The first-order chi connectivity index (χ1) is 25.1. The molecule has 0 amide bonds. The van der Waals surface area contributed by atoms with Gasteiger partial charge in [-0.05, 0) is 70.8 Å². The molecule has 51 heavy (non-hydrogen) atoms. The number of aromatic amines is 2. The van der Waals surface area contributed by atoms with Crippen molar-refractivity contribution in [2.45, 2.75) is 0 Å². The smallest absolute Gasteiger partial charge is 0.270 e. The molecule has 0 spiro atoms. The van der Waals surface area contributed by atoms with Crippen molar-refractivity contribution in [1.82, 2.24) is 19.9 Å². The van der Waals surface area contributed by atoms with Gasteiger partial charge in [-0.1, -0.05) is 103 Å². The van der Waals surface area contributed by atoms with E-state index in [-0.39, 0.29) is 10.6 Å². The lowest BCUT2D eigenvalue weighted by molar-refractivity contribution is -0.384. The lowest BCUT2D eigenvalue weighted by atomic mass is 9.98. The van der Waals surface area contributed by atoms with Crippen molar-refractivity contribution < 1.29 is 4.92 Å². The Morgan fingerprint density at radius 2 is 1.02 bits per heavy atom. The second kappa shape index (κ2) is 12.4. The first-order valence-corrected chi connectivity index (χ1v) is 16.7. The lowest BCUT2D eigenvalue weighted by Crippen LogP contribution is -1.90. The number of nitrogens with zero attached hydrogens (tertiary/aromatic N) is 3. The van der Waals surface area contributed by atoms with Crippen LogP contribution in [-0.4, -0.2) is 24.9 Å². The average Bonchev–Trinajstić information content (AvgIpc) is 4.00. The summed E-state index contributed by atoms with van der Waals surface area (Å²) in [6.07, 6.45) is 8.18. The molecule has 7 aromatic rings. The van der Waals surface area contributed by atoms with Crippen LogP contribution in [0.5, 0.6) is 0 Å². The molecular weight excluding hydrogens is 631 g/mol. The Hall–Kier alpha value is -7.12. The Balaban J connectivity index is 1.47. The van der Waals surface area contributed by atoms with Crippen LogP contribution in [0.3, 0.4) is 0 Å². The number of nitro benzene ring substituents is 1. The van der Waals surface area contributed by atoms with Crippen LogP contribution < -0.4 is 0 Å². The molecule has 0 radical (unpaired) electrons. The second-order valence-electron chi connectivity index (χ2n) is 12.4. The molecule has 7 nitrogen and oxygen atoms in total. The number of rotatable bonds is 5. The molecule has 7 heteroatoms. The van der Waals surface area contributed by atoms with Crippen LogP contribution in [-0.2, 0) is 0 Å². The molecule has 0 unspecified atom stereocenters. The van der Waals surface area contributed by atoms with Gasteiger partial charge in [0.05, 0.1) is 33.2 Å². The van der Waals surface area contributed by atoms with Crippen molar-refractivity contribution in [3.05, 3.63) is 172 Å². The van der Waals surface area contributed by atoms with Crippen LogP contribution in [0.2, 0.25) is 0 Å². The molecule has 4 aromatic carbocycles. The van der Waals surface area contributed by atoms with Gasteiger partial charge in [0.15, 0.2) is 0 Å². The summed E-state index contributed by atoms with van der Waals surface area (Å²) in [5.41, 5.74) is 14.1. The number of hydrogen-bond donors (Lipinski definition) is 2. The summed E-state index contributed by atoms with van der Waals surface area (Å²) in [6, 6.07) is 45.7. The van der Waals surface area contributed by atoms with Crippen LogP contribution in [0.15, 0.2) is 140 Å². The van der Waals surface area contributed by atoms with E-state index in [1.54, 1.807) is 12.1 Å². The SMILES string of the molecule is O=[N+]([O-])c1cccc(-c2cc3cc4nc(c(-c5ccccc5)c5ccc([nH]5)c(-c5ccccc5)c5nc(c(-c6ccccc6)c2[nH]3)C=C5)C=C4)c1. The summed E-state index contributed by atoms with van der Waals surface area (Å²) < 4.78 is 0. The van der Waals surface area contributed by atoms with Gasteiger partial charge >= 0.3 is 0 Å². The fourth-order valence-corrected chi connectivity index (χ4v) is 6.97. The number of H-pyrrole nitrogens is 2. The molecule has 0 atom stereocenters. The monoisotopic (exact) mass is 659 g/mol. The summed E-state index contributed by atoms with van der Waals surface area (Å²) in [7, 11) is 0. The van der Waals surface area contributed by atoms with Gasteiger partial charge in [0.25, 0.3) is 5.69 Å². The average molecular weight is 660 g/mol. The number of fused-ring (bicyclic) bond motifs is 8. The van der Waals surface area contributed by atoms with Gasteiger partial charge in [0.2, 0.25) is 0 Å². The highest BCUT2D eigenvalue weighted by atomic mass is 16.6. The molecule has 0 fully saturated rings. The summed E-state index contributed by atoms with van der Waals surface area (Å²) in [4.78, 5) is 29.4. The number of nitrogens with one attached hydrogen (secondary N) is 2. The van der Waals surface area contributed by atoms with Gasteiger partial charge in [-0.15, -0.1) is 0 Å². The van der Waals surface area contributed by atoms with E-state index in [2.05, 4.69) is 70.7 Å². The van der Waals surface area contributed by atoms with E-state index in [9.17, 15) is 10.1 Å². The summed E-state index contributed by atoms with van der Waals surface area (Å²) >= 11 is 0. The van der Waals surface area contributed by atoms with Crippen molar-refractivity contribution in [3.8, 4) is 44.5 Å². The van der Waals surface area contributed by atoms with Gasteiger partial charge in [0.1, 0.15) is 0 Å². The number of nitro groups is 1. The van der Waals surface area contributed by atoms with Crippen LogP contribution in [0.4, 0.5) is 5.69 Å². The minimum absolute atomic E-state index is 0.0251. The maximum Gasteiger partial charge on any atom is 0.270 e. The first kappa shape index (κ1) is 30.0. The molecule has 2 aliphatic rings. The Kier molecular flexibility index (Phi) is 7.29. The summed E-state index contributed by atoms with van der Waals surface area (Å²) in [5.74, 6) is 0. The Morgan fingerprint density at radius 3 is 1.63 bits per heavy atom. The van der Waals surface area contributed by atoms with E-state index < -0.39 is 0 Å². The van der Waals surface area contributed by atoms with Crippen LogP contribution >= 0.6 is 0 Å². The first-order valence-electron chi connectivity index (χ1n) is 16.7. The van der Waals surface area contributed by atoms with Crippen molar-refractivity contribution in [2.75, 3.05) is 0 Å². The van der Waals surface area contributed by atoms with Crippen LogP contribution in [0, 0.1) is 10.1 Å². The molecule has 0 saturated heterocycles. The predicted octanol–water partition coefficient (Wildman–Crippen LogP) is 11.2. The van der Waals surface area contributed by atoms with E-state index in [1.807, 2.05) is 84.9 Å². The number of non-ortho nitro benzene ring substituents is 1. The third-order valence-corrected chi connectivity index (χ3v) is 9.24. The zero-order valence-electron chi connectivity index (χ0n) is 27.2. The normalized spacial score (nSPS) is 11.9. The number of benzene rings is 4. The topological polar surface area (TPSA) is 100 Å². The van der Waals surface area contributed by atoms with Crippen LogP contribution in [0.25, 0.3) is 90.9 Å². The molecular formula is C44H29N5O2. The van der Waals surface area contributed by atoms with Gasteiger partial charge in [0, 0.05) is 50.9 Å². The molecule has 242 valence electrons. The van der Waals surface area contributed by atoms with E-state index in [0.717, 1.165) is 89.4 Å². The highest BCUT2D eigenvalue weighted by molar-refractivity contribution is 6.01. The van der Waals surface area contributed by atoms with E-state index in [0.29, 0.717) is 0 Å². The molecule has 2 aliphatic heterocycles. The van der Waals surface area contributed by atoms with Crippen molar-refractivity contribution >= 4 is 52.1 Å². The van der Waals surface area contributed by atoms with Crippen molar-refractivity contribution in [3.63, 3.8) is 0 Å². The predicted molar refractivity (Wildman–Crippen MR) is 207 cm³/mol. The molecule has 9 rings (SSSR count). The van der Waals surface area contributed by atoms with Gasteiger partial charge < -0.3 is 9.97 Å². The van der Waals surface area contributed by atoms with E-state index >= 15 is 0 Å². The summed E-state index contributed by atoms with van der Waals surface area (Å²) in [6.45, 7) is 0. The third kappa shape index (κ3) is 5.53. The molecule has 0 saturated carbocycles. The fourth-order valence-electron chi connectivity index (χ4n) is 6.97. The molecule has 2 N–H and O–H groups in total. The van der Waals surface area contributed by atoms with Crippen molar-refractivity contribution in [2.24, 2.45) is 0 Å². The highest BCUT2D eigenvalue weighted by Crippen LogP contribution is 2.39. The number of aromatic nitrogens is 4. The largest absolute Gasteiger partial charge is 0.354 e.